The van der Waals surface area contributed by atoms with E-state index in [9.17, 15) is 13.2 Å². The van der Waals surface area contributed by atoms with Gasteiger partial charge >= 0.3 is 6.36 Å². The molecule has 0 saturated heterocycles. The SMILES string of the molecule is N#Cc1ccccc1Oc1ccc(OC(F)(F)F)cc1. The van der Waals surface area contributed by atoms with Crippen LogP contribution in [0.2, 0.25) is 0 Å². The summed E-state index contributed by atoms with van der Waals surface area (Å²) in [5, 5.41) is 8.89. The van der Waals surface area contributed by atoms with E-state index in [0.29, 0.717) is 17.1 Å². The number of para-hydroxylation sites is 1. The van der Waals surface area contributed by atoms with Crippen LogP contribution < -0.4 is 9.47 Å². The smallest absolute Gasteiger partial charge is 0.456 e. The molecule has 20 heavy (non-hydrogen) atoms. The van der Waals surface area contributed by atoms with Crippen LogP contribution in [0.4, 0.5) is 13.2 Å². The van der Waals surface area contributed by atoms with E-state index in [0.717, 1.165) is 12.1 Å². The normalized spacial score (nSPS) is 10.7. The summed E-state index contributed by atoms with van der Waals surface area (Å²) in [5.41, 5.74) is 0.336. The van der Waals surface area contributed by atoms with E-state index < -0.39 is 6.36 Å². The first-order chi connectivity index (χ1) is 9.48. The molecule has 0 heterocycles. The molecule has 6 heteroatoms. The molecule has 102 valence electrons. The molecule has 0 fully saturated rings. The van der Waals surface area contributed by atoms with Crippen molar-refractivity contribution in [2.45, 2.75) is 6.36 Å². The molecule has 0 radical (unpaired) electrons. The number of alkyl halides is 3. The van der Waals surface area contributed by atoms with Crippen LogP contribution in [0.25, 0.3) is 0 Å². The standard InChI is InChI=1S/C14H8F3NO2/c15-14(16,17)20-12-7-5-11(6-8-12)19-13-4-2-1-3-10(13)9-18/h1-8H. The second kappa shape index (κ2) is 5.53. The summed E-state index contributed by atoms with van der Waals surface area (Å²) in [5.74, 6) is 0.306. The zero-order chi connectivity index (χ0) is 14.6. The van der Waals surface area contributed by atoms with Crippen LogP contribution in [0, 0.1) is 11.3 Å². The van der Waals surface area contributed by atoms with Crippen molar-refractivity contribution in [1.82, 2.24) is 0 Å². The molecule has 0 unspecified atom stereocenters. The third kappa shape index (κ3) is 3.65. The Kier molecular flexibility index (Phi) is 3.80. The second-order valence-corrected chi connectivity index (χ2v) is 3.73. The quantitative estimate of drug-likeness (QED) is 0.843. The number of rotatable bonds is 3. The molecule has 0 aliphatic carbocycles. The number of hydrogen-bond donors (Lipinski definition) is 0. The van der Waals surface area contributed by atoms with Gasteiger partial charge in [-0.05, 0) is 36.4 Å². The molecule has 0 bridgehead atoms. The summed E-state index contributed by atoms with van der Waals surface area (Å²) in [4.78, 5) is 0. The largest absolute Gasteiger partial charge is 0.573 e. The molecule has 0 spiro atoms. The Balaban J connectivity index is 2.13. The molecule has 0 aliphatic rings. The van der Waals surface area contributed by atoms with Crippen LogP contribution in [0.15, 0.2) is 48.5 Å². The van der Waals surface area contributed by atoms with E-state index in [-0.39, 0.29) is 5.75 Å². The van der Waals surface area contributed by atoms with Gasteiger partial charge < -0.3 is 9.47 Å². The molecule has 2 rings (SSSR count). The van der Waals surface area contributed by atoms with Crippen LogP contribution >= 0.6 is 0 Å². The highest BCUT2D eigenvalue weighted by molar-refractivity contribution is 5.45. The van der Waals surface area contributed by atoms with E-state index in [1.165, 1.54) is 12.1 Å². The van der Waals surface area contributed by atoms with Crippen molar-refractivity contribution in [2.24, 2.45) is 0 Å². The highest BCUT2D eigenvalue weighted by Crippen LogP contribution is 2.28. The number of ether oxygens (including phenoxy) is 2. The Morgan fingerprint density at radius 2 is 1.50 bits per heavy atom. The third-order valence-corrected chi connectivity index (χ3v) is 2.29. The van der Waals surface area contributed by atoms with Gasteiger partial charge in [-0.2, -0.15) is 5.26 Å². The van der Waals surface area contributed by atoms with Gasteiger partial charge in [0.05, 0.1) is 5.56 Å². The van der Waals surface area contributed by atoms with Gasteiger partial charge in [0.15, 0.2) is 0 Å². The summed E-state index contributed by atoms with van der Waals surface area (Å²) in [6.07, 6.45) is -4.73. The van der Waals surface area contributed by atoms with E-state index in [2.05, 4.69) is 4.74 Å². The molecule has 0 N–H and O–H groups in total. The van der Waals surface area contributed by atoms with Crippen molar-refractivity contribution >= 4 is 0 Å². The van der Waals surface area contributed by atoms with Crippen molar-refractivity contribution in [3.05, 3.63) is 54.1 Å². The average Bonchev–Trinajstić information content (AvgIpc) is 2.40. The topological polar surface area (TPSA) is 42.2 Å². The van der Waals surface area contributed by atoms with Gasteiger partial charge in [0.1, 0.15) is 23.3 Å². The maximum absolute atomic E-state index is 12.0. The lowest BCUT2D eigenvalue weighted by Crippen LogP contribution is -2.16. The molecule has 0 atom stereocenters. The van der Waals surface area contributed by atoms with Crippen molar-refractivity contribution in [3.8, 4) is 23.3 Å². The predicted octanol–water partition coefficient (Wildman–Crippen LogP) is 4.25. The van der Waals surface area contributed by atoms with Crippen molar-refractivity contribution < 1.29 is 22.6 Å². The lowest BCUT2D eigenvalue weighted by Gasteiger charge is -2.10. The average molecular weight is 279 g/mol. The lowest BCUT2D eigenvalue weighted by atomic mass is 10.2. The second-order valence-electron chi connectivity index (χ2n) is 3.73. The van der Waals surface area contributed by atoms with Gasteiger partial charge in [0.2, 0.25) is 0 Å². The maximum Gasteiger partial charge on any atom is 0.573 e. The number of nitriles is 1. The first-order valence-electron chi connectivity index (χ1n) is 5.51. The van der Waals surface area contributed by atoms with Crippen LogP contribution in [0.3, 0.4) is 0 Å². The molecule has 0 aliphatic heterocycles. The summed E-state index contributed by atoms with van der Waals surface area (Å²) < 4.78 is 45.2. The third-order valence-electron chi connectivity index (χ3n) is 2.29. The first-order valence-corrected chi connectivity index (χ1v) is 5.51. The van der Waals surface area contributed by atoms with Crippen LogP contribution in [0.1, 0.15) is 5.56 Å². The van der Waals surface area contributed by atoms with Crippen molar-refractivity contribution in [3.63, 3.8) is 0 Å². The summed E-state index contributed by atoms with van der Waals surface area (Å²) in [6, 6.07) is 13.4. The Morgan fingerprint density at radius 3 is 2.10 bits per heavy atom. The highest BCUT2D eigenvalue weighted by Gasteiger charge is 2.30. The van der Waals surface area contributed by atoms with E-state index in [1.807, 2.05) is 6.07 Å². The minimum absolute atomic E-state index is 0.308. The van der Waals surface area contributed by atoms with Crippen LogP contribution in [-0.2, 0) is 0 Å². The fourth-order valence-electron chi connectivity index (χ4n) is 1.48. The fraction of sp³-hybridized carbons (Fsp3) is 0.0714. The Morgan fingerprint density at radius 1 is 0.900 bits per heavy atom. The molecule has 0 aromatic heterocycles. The molecule has 0 saturated carbocycles. The van der Waals surface area contributed by atoms with Gasteiger partial charge in [-0.15, -0.1) is 13.2 Å². The Labute approximate surface area is 112 Å². The van der Waals surface area contributed by atoms with E-state index >= 15 is 0 Å². The minimum Gasteiger partial charge on any atom is -0.456 e. The fourth-order valence-corrected chi connectivity index (χ4v) is 1.48. The molecule has 3 nitrogen and oxygen atoms in total. The Bertz CT molecular complexity index is 630. The minimum atomic E-state index is -4.73. The maximum atomic E-state index is 12.0. The van der Waals surface area contributed by atoms with Crippen LogP contribution in [0.5, 0.6) is 17.2 Å². The van der Waals surface area contributed by atoms with Gasteiger partial charge in [-0.3, -0.25) is 0 Å². The highest BCUT2D eigenvalue weighted by atomic mass is 19.4. The molecule has 2 aromatic rings. The van der Waals surface area contributed by atoms with Crippen LogP contribution in [-0.4, -0.2) is 6.36 Å². The Hall–Kier alpha value is -2.68. The van der Waals surface area contributed by atoms with Gasteiger partial charge in [0, 0.05) is 0 Å². The molecule has 0 amide bonds. The van der Waals surface area contributed by atoms with Crippen molar-refractivity contribution in [2.75, 3.05) is 0 Å². The predicted molar refractivity (Wildman–Crippen MR) is 64.4 cm³/mol. The summed E-state index contributed by atoms with van der Waals surface area (Å²) in [6.45, 7) is 0. The monoisotopic (exact) mass is 279 g/mol. The zero-order valence-corrected chi connectivity index (χ0v) is 10.0. The van der Waals surface area contributed by atoms with Crippen molar-refractivity contribution in [1.29, 1.82) is 5.26 Å². The molecule has 2 aromatic carbocycles. The molecular formula is C14H8F3NO2. The lowest BCUT2D eigenvalue weighted by molar-refractivity contribution is -0.274. The van der Waals surface area contributed by atoms with E-state index in [4.69, 9.17) is 10.00 Å². The molecular weight excluding hydrogens is 271 g/mol. The summed E-state index contributed by atoms with van der Waals surface area (Å²) >= 11 is 0. The number of hydrogen-bond acceptors (Lipinski definition) is 3. The zero-order valence-electron chi connectivity index (χ0n) is 10.0. The van der Waals surface area contributed by atoms with Gasteiger partial charge in [-0.25, -0.2) is 0 Å². The summed E-state index contributed by atoms with van der Waals surface area (Å²) in [7, 11) is 0. The van der Waals surface area contributed by atoms with Gasteiger partial charge in [0.25, 0.3) is 0 Å². The number of halogens is 3. The number of nitrogens with zero attached hydrogens (tertiary/aromatic N) is 1. The van der Waals surface area contributed by atoms with E-state index in [1.54, 1.807) is 24.3 Å². The van der Waals surface area contributed by atoms with Gasteiger partial charge in [-0.1, -0.05) is 12.1 Å². The first kappa shape index (κ1) is 13.7. The number of benzene rings is 2.